The molecular weight excluding hydrogens is 184 g/mol. The Bertz CT molecular complexity index is 312. The molecule has 72 valence electrons. The van der Waals surface area contributed by atoms with Gasteiger partial charge in [0.05, 0.1) is 11.2 Å². The maximum absolute atomic E-state index is 11.6. The fourth-order valence-electron chi connectivity index (χ4n) is 0.713. The Morgan fingerprint density at radius 1 is 1.54 bits per heavy atom. The first-order valence-corrected chi connectivity index (χ1v) is 5.01. The maximum atomic E-state index is 11.6. The minimum atomic E-state index is -0.351. The highest BCUT2D eigenvalue weighted by Crippen LogP contribution is 2.22. The van der Waals surface area contributed by atoms with E-state index in [-0.39, 0.29) is 11.3 Å². The minimum absolute atomic E-state index is 0.0276. The van der Waals surface area contributed by atoms with Gasteiger partial charge in [0.15, 0.2) is 0 Å². The van der Waals surface area contributed by atoms with Crippen molar-refractivity contribution in [2.45, 2.75) is 27.7 Å². The maximum Gasteiger partial charge on any atom is 0.230 e. The molecular formula is C9H14N2OS. The molecule has 0 aliphatic heterocycles. The lowest BCUT2D eigenvalue weighted by Gasteiger charge is -2.16. The van der Waals surface area contributed by atoms with Crippen molar-refractivity contribution in [3.63, 3.8) is 0 Å². The zero-order chi connectivity index (χ0) is 10.1. The van der Waals surface area contributed by atoms with E-state index < -0.39 is 0 Å². The lowest BCUT2D eigenvalue weighted by atomic mass is 9.96. The van der Waals surface area contributed by atoms with Crippen molar-refractivity contribution in [3.05, 3.63) is 11.2 Å². The second-order valence-electron chi connectivity index (χ2n) is 3.97. The molecule has 13 heavy (non-hydrogen) atoms. The number of anilines is 1. The van der Waals surface area contributed by atoms with Crippen LogP contribution < -0.4 is 5.32 Å². The van der Waals surface area contributed by atoms with Crippen LogP contribution in [0.1, 0.15) is 26.5 Å². The number of nitrogens with one attached hydrogen (secondary N) is 1. The van der Waals surface area contributed by atoms with E-state index in [4.69, 9.17) is 0 Å². The number of carbonyl (C=O) groups excluding carboxylic acids is 1. The van der Waals surface area contributed by atoms with Gasteiger partial charge >= 0.3 is 0 Å². The van der Waals surface area contributed by atoms with Gasteiger partial charge in [-0.25, -0.2) is 4.98 Å². The van der Waals surface area contributed by atoms with Gasteiger partial charge in [-0.15, -0.1) is 11.3 Å². The number of nitrogens with zero attached hydrogens (tertiary/aromatic N) is 1. The van der Waals surface area contributed by atoms with Gasteiger partial charge in [-0.2, -0.15) is 0 Å². The Hall–Kier alpha value is -0.900. The smallest absolute Gasteiger partial charge is 0.230 e. The summed E-state index contributed by atoms with van der Waals surface area (Å²) in [4.78, 5) is 15.6. The molecule has 0 aliphatic rings. The normalized spacial score (nSPS) is 11.4. The standard InChI is InChI=1S/C9H14N2OS/c1-6-7(13-5-10-6)11-8(12)9(2,3)4/h5H,1-4H3,(H,11,12). The second kappa shape index (κ2) is 3.46. The summed E-state index contributed by atoms with van der Waals surface area (Å²) >= 11 is 1.45. The second-order valence-corrected chi connectivity index (χ2v) is 4.83. The first-order chi connectivity index (χ1) is 5.91. The van der Waals surface area contributed by atoms with Crippen molar-refractivity contribution in [1.29, 1.82) is 0 Å². The average molecular weight is 198 g/mol. The third kappa shape index (κ3) is 2.52. The van der Waals surface area contributed by atoms with Crippen LogP contribution in [-0.2, 0) is 4.79 Å². The van der Waals surface area contributed by atoms with Crippen molar-refractivity contribution < 1.29 is 4.79 Å². The van der Waals surface area contributed by atoms with Crippen LogP contribution in [0.3, 0.4) is 0 Å². The van der Waals surface area contributed by atoms with E-state index in [1.165, 1.54) is 11.3 Å². The summed E-state index contributed by atoms with van der Waals surface area (Å²) in [6.07, 6.45) is 0. The molecule has 0 spiro atoms. The van der Waals surface area contributed by atoms with Crippen LogP contribution >= 0.6 is 11.3 Å². The molecule has 0 fully saturated rings. The molecule has 1 amide bonds. The average Bonchev–Trinajstić information content (AvgIpc) is 2.34. The van der Waals surface area contributed by atoms with E-state index in [9.17, 15) is 4.79 Å². The van der Waals surface area contributed by atoms with Crippen LogP contribution in [0.15, 0.2) is 5.51 Å². The Kier molecular flexibility index (Phi) is 2.71. The SMILES string of the molecule is Cc1ncsc1NC(=O)C(C)(C)C. The van der Waals surface area contributed by atoms with E-state index in [1.54, 1.807) is 5.51 Å². The molecule has 0 radical (unpaired) electrons. The van der Waals surface area contributed by atoms with Gasteiger partial charge in [0.25, 0.3) is 0 Å². The summed E-state index contributed by atoms with van der Waals surface area (Å²) in [5.74, 6) is 0.0276. The highest BCUT2D eigenvalue weighted by atomic mass is 32.1. The van der Waals surface area contributed by atoms with Gasteiger partial charge in [0.2, 0.25) is 5.91 Å². The van der Waals surface area contributed by atoms with Crippen molar-refractivity contribution in [2.75, 3.05) is 5.32 Å². The number of aryl methyl sites for hydroxylation is 1. The molecule has 1 heterocycles. The molecule has 0 saturated carbocycles. The van der Waals surface area contributed by atoms with Gasteiger partial charge in [-0.05, 0) is 6.92 Å². The van der Waals surface area contributed by atoms with E-state index >= 15 is 0 Å². The highest BCUT2D eigenvalue weighted by Gasteiger charge is 2.22. The number of hydrogen-bond acceptors (Lipinski definition) is 3. The minimum Gasteiger partial charge on any atom is -0.316 e. The number of rotatable bonds is 1. The highest BCUT2D eigenvalue weighted by molar-refractivity contribution is 7.14. The molecule has 1 aromatic heterocycles. The molecule has 0 bridgehead atoms. The molecule has 3 nitrogen and oxygen atoms in total. The molecule has 0 atom stereocenters. The summed E-state index contributed by atoms with van der Waals surface area (Å²) in [6, 6.07) is 0. The molecule has 0 unspecified atom stereocenters. The summed E-state index contributed by atoms with van der Waals surface area (Å²) < 4.78 is 0. The summed E-state index contributed by atoms with van der Waals surface area (Å²) in [6.45, 7) is 7.55. The number of amides is 1. The fourth-order valence-corrected chi connectivity index (χ4v) is 1.40. The van der Waals surface area contributed by atoms with Crippen LogP contribution in [0.25, 0.3) is 0 Å². The monoisotopic (exact) mass is 198 g/mol. The van der Waals surface area contributed by atoms with Gasteiger partial charge < -0.3 is 5.32 Å². The third-order valence-electron chi connectivity index (χ3n) is 1.65. The van der Waals surface area contributed by atoms with Gasteiger partial charge in [0, 0.05) is 5.41 Å². The Morgan fingerprint density at radius 2 is 2.15 bits per heavy atom. The van der Waals surface area contributed by atoms with Crippen molar-refractivity contribution in [2.24, 2.45) is 5.41 Å². The summed E-state index contributed by atoms with van der Waals surface area (Å²) in [7, 11) is 0. The van der Waals surface area contributed by atoms with E-state index in [2.05, 4.69) is 10.3 Å². The zero-order valence-electron chi connectivity index (χ0n) is 8.34. The Balaban J connectivity index is 2.71. The van der Waals surface area contributed by atoms with Crippen LogP contribution in [0.5, 0.6) is 0 Å². The van der Waals surface area contributed by atoms with Gasteiger partial charge in [-0.1, -0.05) is 20.8 Å². The topological polar surface area (TPSA) is 42.0 Å². The summed E-state index contributed by atoms with van der Waals surface area (Å²) in [5, 5.41) is 3.69. The Labute approximate surface area is 82.2 Å². The van der Waals surface area contributed by atoms with Crippen LogP contribution in [0.4, 0.5) is 5.00 Å². The quantitative estimate of drug-likeness (QED) is 0.753. The number of carbonyl (C=O) groups is 1. The number of aromatic nitrogens is 1. The molecule has 1 N–H and O–H groups in total. The van der Waals surface area contributed by atoms with Gasteiger partial charge in [0.1, 0.15) is 5.00 Å². The van der Waals surface area contributed by atoms with Crippen molar-refractivity contribution >= 4 is 22.2 Å². The predicted molar refractivity (Wildman–Crippen MR) is 54.9 cm³/mol. The Morgan fingerprint density at radius 3 is 2.54 bits per heavy atom. The zero-order valence-corrected chi connectivity index (χ0v) is 9.16. The lowest BCUT2D eigenvalue weighted by Crippen LogP contribution is -2.27. The number of thiazole rings is 1. The van der Waals surface area contributed by atoms with E-state index in [0.29, 0.717) is 0 Å². The van der Waals surface area contributed by atoms with Crippen LogP contribution in [0.2, 0.25) is 0 Å². The van der Waals surface area contributed by atoms with Crippen LogP contribution in [0, 0.1) is 12.3 Å². The largest absolute Gasteiger partial charge is 0.316 e. The van der Waals surface area contributed by atoms with Crippen LogP contribution in [-0.4, -0.2) is 10.9 Å². The fraction of sp³-hybridized carbons (Fsp3) is 0.556. The first-order valence-electron chi connectivity index (χ1n) is 4.13. The number of hydrogen-bond donors (Lipinski definition) is 1. The van der Waals surface area contributed by atoms with E-state index in [0.717, 1.165) is 10.7 Å². The molecule has 0 aliphatic carbocycles. The molecule has 1 rings (SSSR count). The van der Waals surface area contributed by atoms with Gasteiger partial charge in [-0.3, -0.25) is 4.79 Å². The van der Waals surface area contributed by atoms with Crippen molar-refractivity contribution in [3.8, 4) is 0 Å². The third-order valence-corrected chi connectivity index (χ3v) is 2.50. The molecule has 4 heteroatoms. The molecule has 0 aromatic carbocycles. The molecule has 0 saturated heterocycles. The van der Waals surface area contributed by atoms with Crippen molar-refractivity contribution in [1.82, 2.24) is 4.98 Å². The predicted octanol–water partition coefficient (Wildman–Crippen LogP) is 2.44. The molecule has 1 aromatic rings. The summed E-state index contributed by atoms with van der Waals surface area (Å²) in [5.41, 5.74) is 2.26. The van der Waals surface area contributed by atoms with E-state index in [1.807, 2.05) is 27.7 Å². The lowest BCUT2D eigenvalue weighted by molar-refractivity contribution is -0.123. The first kappa shape index (κ1) is 10.2.